The van der Waals surface area contributed by atoms with Gasteiger partial charge in [-0.25, -0.2) is 0 Å². The zero-order valence-electron chi connectivity index (χ0n) is 17.6. The molecule has 0 aliphatic heterocycles. The molecule has 0 aliphatic carbocycles. The van der Waals surface area contributed by atoms with Gasteiger partial charge in [0.2, 0.25) is 0 Å². The lowest BCUT2D eigenvalue weighted by molar-refractivity contribution is -0.143. The summed E-state index contributed by atoms with van der Waals surface area (Å²) >= 11 is 0. The Kier molecular flexibility index (Phi) is 5.67. The lowest BCUT2D eigenvalue weighted by Crippen LogP contribution is -2.09. The molecule has 0 aliphatic rings. The van der Waals surface area contributed by atoms with Gasteiger partial charge in [0.25, 0.3) is 0 Å². The number of rotatable bonds is 7. The average molecular weight is 413 g/mol. The molecule has 0 atom stereocenters. The topological polar surface area (TPSA) is 65.4 Å². The molecule has 5 nitrogen and oxygen atoms in total. The van der Waals surface area contributed by atoms with Crippen LogP contribution < -0.4 is 0 Å². The molecule has 0 bridgehead atoms. The van der Waals surface area contributed by atoms with Crippen LogP contribution in [0.5, 0.6) is 0 Å². The van der Waals surface area contributed by atoms with Gasteiger partial charge in [-0.3, -0.25) is 14.4 Å². The van der Waals surface area contributed by atoms with Gasteiger partial charge in [-0.2, -0.15) is 0 Å². The number of aryl methyl sites for hydroxylation is 1. The number of nitrogens with zero attached hydrogens (tertiary/aromatic N) is 1. The van der Waals surface area contributed by atoms with Crippen molar-refractivity contribution in [1.82, 2.24) is 4.57 Å². The van der Waals surface area contributed by atoms with E-state index in [2.05, 4.69) is 0 Å². The number of benzene rings is 3. The molecule has 1 aromatic heterocycles. The number of hydrogen-bond donors (Lipinski definition) is 0. The van der Waals surface area contributed by atoms with Crippen LogP contribution in [0.2, 0.25) is 0 Å². The molecule has 0 radical (unpaired) electrons. The lowest BCUT2D eigenvalue weighted by Gasteiger charge is -2.08. The van der Waals surface area contributed by atoms with Crippen molar-refractivity contribution in [2.75, 3.05) is 6.61 Å². The maximum atomic E-state index is 13.0. The molecule has 156 valence electrons. The molecule has 31 heavy (non-hydrogen) atoms. The van der Waals surface area contributed by atoms with Crippen molar-refractivity contribution >= 4 is 39.3 Å². The SMILES string of the molecule is CCOC(=O)CCn1c2ccc(C(C)=O)cc2c2cc(C(=O)c3ccccc3)ccc21. The van der Waals surface area contributed by atoms with Gasteiger partial charge < -0.3 is 9.30 Å². The number of carbonyl (C=O) groups is 3. The van der Waals surface area contributed by atoms with Crippen LogP contribution in [0.25, 0.3) is 21.8 Å². The van der Waals surface area contributed by atoms with E-state index >= 15 is 0 Å². The zero-order chi connectivity index (χ0) is 22.0. The normalized spacial score (nSPS) is 11.0. The number of fused-ring (bicyclic) bond motifs is 3. The van der Waals surface area contributed by atoms with E-state index in [9.17, 15) is 14.4 Å². The van der Waals surface area contributed by atoms with E-state index < -0.39 is 0 Å². The third-order valence-corrected chi connectivity index (χ3v) is 5.41. The molecule has 0 N–H and O–H groups in total. The highest BCUT2D eigenvalue weighted by atomic mass is 16.5. The van der Waals surface area contributed by atoms with E-state index in [1.54, 1.807) is 25.1 Å². The van der Waals surface area contributed by atoms with Gasteiger partial charge in [0.15, 0.2) is 11.6 Å². The second-order valence-corrected chi connectivity index (χ2v) is 7.42. The van der Waals surface area contributed by atoms with E-state index in [0.717, 1.165) is 21.8 Å². The van der Waals surface area contributed by atoms with Crippen molar-refractivity contribution in [2.24, 2.45) is 0 Å². The highest BCUT2D eigenvalue weighted by Crippen LogP contribution is 2.31. The first-order valence-corrected chi connectivity index (χ1v) is 10.3. The smallest absolute Gasteiger partial charge is 0.307 e. The van der Waals surface area contributed by atoms with Crippen LogP contribution in [-0.4, -0.2) is 28.7 Å². The summed E-state index contributed by atoms with van der Waals surface area (Å²) in [6, 6.07) is 20.3. The highest BCUT2D eigenvalue weighted by molar-refractivity contribution is 6.15. The first-order chi connectivity index (χ1) is 15.0. The minimum absolute atomic E-state index is 0.0224. The molecule has 0 amide bonds. The monoisotopic (exact) mass is 413 g/mol. The molecule has 0 unspecified atom stereocenters. The Balaban J connectivity index is 1.86. The summed E-state index contributed by atoms with van der Waals surface area (Å²) in [5, 5.41) is 1.76. The van der Waals surface area contributed by atoms with Crippen LogP contribution in [0.4, 0.5) is 0 Å². The first-order valence-electron chi connectivity index (χ1n) is 10.3. The van der Waals surface area contributed by atoms with Crippen LogP contribution in [0.3, 0.4) is 0 Å². The Morgan fingerprint density at radius 3 is 2.03 bits per heavy atom. The molecular formula is C26H23NO4. The molecule has 4 rings (SSSR count). The number of aromatic nitrogens is 1. The molecule has 0 saturated carbocycles. The standard InChI is InChI=1S/C26H23NO4/c1-3-31-25(29)13-14-27-23-11-9-19(17(2)28)15-21(23)22-16-20(10-12-24(22)27)26(30)18-7-5-4-6-8-18/h4-12,15-16H,3,13-14H2,1-2H3. The molecule has 0 spiro atoms. The van der Waals surface area contributed by atoms with Crippen LogP contribution in [0.1, 0.15) is 46.5 Å². The summed E-state index contributed by atoms with van der Waals surface area (Å²) < 4.78 is 7.12. The van der Waals surface area contributed by atoms with Crippen molar-refractivity contribution in [3.8, 4) is 0 Å². The highest BCUT2D eigenvalue weighted by Gasteiger charge is 2.16. The second kappa shape index (κ2) is 8.56. The van der Waals surface area contributed by atoms with Crippen LogP contribution in [-0.2, 0) is 16.1 Å². The van der Waals surface area contributed by atoms with Gasteiger partial charge in [-0.05, 0) is 50.2 Å². The summed E-state index contributed by atoms with van der Waals surface area (Å²) in [5.41, 5.74) is 3.63. The Labute approximate surface area is 180 Å². The van der Waals surface area contributed by atoms with E-state index in [4.69, 9.17) is 4.74 Å². The van der Waals surface area contributed by atoms with E-state index in [1.807, 2.05) is 53.1 Å². The Morgan fingerprint density at radius 1 is 0.806 bits per heavy atom. The molecule has 1 heterocycles. The largest absolute Gasteiger partial charge is 0.466 e. The van der Waals surface area contributed by atoms with Crippen molar-refractivity contribution in [3.05, 3.63) is 83.4 Å². The van der Waals surface area contributed by atoms with Crippen molar-refractivity contribution in [1.29, 1.82) is 0 Å². The number of ketones is 2. The van der Waals surface area contributed by atoms with Crippen LogP contribution in [0.15, 0.2) is 66.7 Å². The quantitative estimate of drug-likeness (QED) is 0.309. The Hall–Kier alpha value is -3.73. The lowest BCUT2D eigenvalue weighted by atomic mass is 10.0. The first kappa shape index (κ1) is 20.5. The number of esters is 1. The van der Waals surface area contributed by atoms with Gasteiger partial charge in [0, 0.05) is 45.0 Å². The Bertz CT molecular complexity index is 1300. The third kappa shape index (κ3) is 3.99. The molecule has 0 saturated heterocycles. The van der Waals surface area contributed by atoms with Gasteiger partial charge in [-0.1, -0.05) is 30.3 Å². The van der Waals surface area contributed by atoms with E-state index in [1.165, 1.54) is 6.92 Å². The van der Waals surface area contributed by atoms with Gasteiger partial charge in [0.1, 0.15) is 0 Å². The van der Waals surface area contributed by atoms with Crippen molar-refractivity contribution in [3.63, 3.8) is 0 Å². The predicted octanol–water partition coefficient (Wildman–Crippen LogP) is 5.18. The number of Topliss-reactive ketones (excluding diaryl/α,β-unsaturated/α-hetero) is 1. The number of ether oxygens (including phenoxy) is 1. The third-order valence-electron chi connectivity index (χ3n) is 5.41. The molecule has 0 fully saturated rings. The maximum absolute atomic E-state index is 13.0. The fourth-order valence-corrected chi connectivity index (χ4v) is 3.90. The Morgan fingerprint density at radius 2 is 1.42 bits per heavy atom. The second-order valence-electron chi connectivity index (χ2n) is 7.42. The molecular weight excluding hydrogens is 390 g/mol. The van der Waals surface area contributed by atoms with E-state index in [0.29, 0.717) is 29.8 Å². The van der Waals surface area contributed by atoms with E-state index in [-0.39, 0.29) is 24.0 Å². The zero-order valence-corrected chi connectivity index (χ0v) is 17.6. The van der Waals surface area contributed by atoms with Gasteiger partial charge in [-0.15, -0.1) is 0 Å². The predicted molar refractivity (Wildman–Crippen MR) is 121 cm³/mol. The maximum Gasteiger partial charge on any atom is 0.307 e. The fraction of sp³-hybridized carbons (Fsp3) is 0.192. The number of hydrogen-bond acceptors (Lipinski definition) is 4. The minimum Gasteiger partial charge on any atom is -0.466 e. The van der Waals surface area contributed by atoms with Crippen molar-refractivity contribution < 1.29 is 19.1 Å². The summed E-state index contributed by atoms with van der Waals surface area (Å²) in [6.07, 6.45) is 0.242. The molecule has 5 heteroatoms. The summed E-state index contributed by atoms with van der Waals surface area (Å²) in [6.45, 7) is 4.11. The number of carbonyl (C=O) groups excluding carboxylic acids is 3. The summed E-state index contributed by atoms with van der Waals surface area (Å²) in [4.78, 5) is 36.9. The average Bonchev–Trinajstić information content (AvgIpc) is 3.10. The van der Waals surface area contributed by atoms with Crippen LogP contribution in [0, 0.1) is 0 Å². The molecule has 4 aromatic rings. The van der Waals surface area contributed by atoms with Gasteiger partial charge >= 0.3 is 5.97 Å². The van der Waals surface area contributed by atoms with Gasteiger partial charge in [0.05, 0.1) is 13.0 Å². The summed E-state index contributed by atoms with van der Waals surface area (Å²) in [5.74, 6) is -0.336. The molecule has 3 aromatic carbocycles. The fourth-order valence-electron chi connectivity index (χ4n) is 3.90. The van der Waals surface area contributed by atoms with Crippen molar-refractivity contribution in [2.45, 2.75) is 26.8 Å². The summed E-state index contributed by atoms with van der Waals surface area (Å²) in [7, 11) is 0. The van der Waals surface area contributed by atoms with Crippen LogP contribution >= 0.6 is 0 Å². The minimum atomic E-state index is -0.256.